The van der Waals surface area contributed by atoms with E-state index in [4.69, 9.17) is 10.5 Å². The average Bonchev–Trinajstić information content (AvgIpc) is 2.65. The number of carboxylic acid groups (broad SMARTS) is 1. The van der Waals surface area contributed by atoms with Gasteiger partial charge >= 0.3 is 5.97 Å². The first-order chi connectivity index (χ1) is 12.6. The van der Waals surface area contributed by atoms with Crippen molar-refractivity contribution in [2.45, 2.75) is 59.1 Å². The Balaban J connectivity index is 0.000000244. The molecule has 2 aromatic carbocycles. The van der Waals surface area contributed by atoms with Gasteiger partial charge in [-0.3, -0.25) is 0 Å². The Labute approximate surface area is 160 Å². The fourth-order valence-electron chi connectivity index (χ4n) is 3.15. The lowest BCUT2D eigenvalue weighted by atomic mass is 9.87. The van der Waals surface area contributed by atoms with E-state index in [2.05, 4.69) is 0 Å². The summed E-state index contributed by atoms with van der Waals surface area (Å²) >= 11 is 0. The third-order valence-corrected chi connectivity index (χ3v) is 5.30. The quantitative estimate of drug-likeness (QED) is 0.736. The molecule has 1 heterocycles. The molecular formula is C22H29NO4. The summed E-state index contributed by atoms with van der Waals surface area (Å²) in [6.45, 7) is 9.08. The lowest BCUT2D eigenvalue weighted by Crippen LogP contribution is -2.44. The third kappa shape index (κ3) is 4.25. The smallest absolute Gasteiger partial charge is 0.347 e. The molecule has 5 nitrogen and oxygen atoms in total. The van der Waals surface area contributed by atoms with Crippen molar-refractivity contribution in [3.63, 3.8) is 0 Å². The van der Waals surface area contributed by atoms with Crippen LogP contribution in [0.15, 0.2) is 30.3 Å². The first-order valence-corrected chi connectivity index (χ1v) is 9.13. The van der Waals surface area contributed by atoms with Crippen LogP contribution in [-0.2, 0) is 11.2 Å². The molecule has 1 aliphatic rings. The standard InChI is InChI=1S/C14H18O4.C8H11N/c1-7-8(2)12-10(9(3)11(7)15)5-6-14(4,18-12)13(16)17;1-7(9)8-5-3-2-4-6-8/h15H,5-6H2,1-4H3,(H,16,17);2-7H,9H2,1H3/t14-;7-/m00/s1. The summed E-state index contributed by atoms with van der Waals surface area (Å²) in [5, 5.41) is 19.2. The van der Waals surface area contributed by atoms with Crippen molar-refractivity contribution in [3.8, 4) is 11.5 Å². The van der Waals surface area contributed by atoms with E-state index in [-0.39, 0.29) is 11.8 Å². The predicted molar refractivity (Wildman–Crippen MR) is 106 cm³/mol. The van der Waals surface area contributed by atoms with Crippen LogP contribution in [0.2, 0.25) is 0 Å². The van der Waals surface area contributed by atoms with Gasteiger partial charge in [0.2, 0.25) is 5.60 Å². The highest BCUT2D eigenvalue weighted by molar-refractivity contribution is 5.78. The maximum Gasteiger partial charge on any atom is 0.347 e. The van der Waals surface area contributed by atoms with E-state index in [9.17, 15) is 15.0 Å². The molecule has 0 saturated carbocycles. The number of phenolic OH excluding ortho intramolecular Hbond substituents is 1. The van der Waals surface area contributed by atoms with E-state index in [0.29, 0.717) is 18.6 Å². The van der Waals surface area contributed by atoms with E-state index in [1.165, 1.54) is 5.56 Å². The largest absolute Gasteiger partial charge is 0.507 e. The summed E-state index contributed by atoms with van der Waals surface area (Å²) < 4.78 is 5.72. The van der Waals surface area contributed by atoms with Crippen molar-refractivity contribution < 1.29 is 19.7 Å². The third-order valence-electron chi connectivity index (χ3n) is 5.30. The van der Waals surface area contributed by atoms with Crippen LogP contribution in [0, 0.1) is 20.8 Å². The molecule has 0 bridgehead atoms. The second-order valence-electron chi connectivity index (χ2n) is 7.37. The van der Waals surface area contributed by atoms with E-state index in [1.807, 2.05) is 58.0 Å². The highest BCUT2D eigenvalue weighted by atomic mass is 16.5. The van der Waals surface area contributed by atoms with Crippen LogP contribution in [0.1, 0.15) is 54.1 Å². The minimum absolute atomic E-state index is 0.159. The zero-order valence-electron chi connectivity index (χ0n) is 16.7. The van der Waals surface area contributed by atoms with Gasteiger partial charge in [-0.2, -0.15) is 0 Å². The molecule has 4 N–H and O–H groups in total. The fourth-order valence-corrected chi connectivity index (χ4v) is 3.15. The van der Waals surface area contributed by atoms with Gasteiger partial charge in [0.25, 0.3) is 0 Å². The Hall–Kier alpha value is -2.53. The van der Waals surface area contributed by atoms with Crippen LogP contribution in [0.5, 0.6) is 11.5 Å². The zero-order valence-corrected chi connectivity index (χ0v) is 16.7. The lowest BCUT2D eigenvalue weighted by Gasteiger charge is -2.34. The molecule has 2 atom stereocenters. The van der Waals surface area contributed by atoms with Gasteiger partial charge in [-0.1, -0.05) is 30.3 Å². The minimum atomic E-state index is -1.17. The fraction of sp³-hybridized carbons (Fsp3) is 0.409. The van der Waals surface area contributed by atoms with E-state index >= 15 is 0 Å². The van der Waals surface area contributed by atoms with Crippen LogP contribution in [-0.4, -0.2) is 21.8 Å². The number of carbonyl (C=O) groups is 1. The van der Waals surface area contributed by atoms with Crippen LogP contribution < -0.4 is 10.5 Å². The molecule has 0 fully saturated rings. The predicted octanol–water partition coefficient (Wildman–Crippen LogP) is 4.19. The number of carboxylic acids is 1. The van der Waals surface area contributed by atoms with Crippen LogP contribution in [0.4, 0.5) is 0 Å². The molecule has 146 valence electrons. The lowest BCUT2D eigenvalue weighted by molar-refractivity contribution is -0.155. The van der Waals surface area contributed by atoms with Gasteiger partial charge in [-0.15, -0.1) is 0 Å². The Morgan fingerprint density at radius 3 is 2.22 bits per heavy atom. The van der Waals surface area contributed by atoms with Gasteiger partial charge < -0.3 is 20.7 Å². The number of rotatable bonds is 2. The molecule has 0 spiro atoms. The van der Waals surface area contributed by atoms with E-state index in [0.717, 1.165) is 22.3 Å². The van der Waals surface area contributed by atoms with Gasteiger partial charge in [0.1, 0.15) is 11.5 Å². The van der Waals surface area contributed by atoms with Crippen LogP contribution in [0.3, 0.4) is 0 Å². The Kier molecular flexibility index (Phi) is 6.16. The molecular weight excluding hydrogens is 342 g/mol. The molecule has 0 radical (unpaired) electrons. The number of benzene rings is 2. The number of fused-ring (bicyclic) bond motifs is 1. The minimum Gasteiger partial charge on any atom is -0.507 e. The summed E-state index contributed by atoms with van der Waals surface area (Å²) in [4.78, 5) is 11.3. The zero-order chi connectivity index (χ0) is 20.4. The maximum atomic E-state index is 11.3. The highest BCUT2D eigenvalue weighted by Gasteiger charge is 2.40. The molecule has 27 heavy (non-hydrogen) atoms. The summed E-state index contributed by atoms with van der Waals surface area (Å²) in [5.74, 6) is -0.0383. The maximum absolute atomic E-state index is 11.3. The van der Waals surface area contributed by atoms with Gasteiger partial charge in [-0.25, -0.2) is 4.79 Å². The summed E-state index contributed by atoms with van der Waals surface area (Å²) in [6.07, 6.45) is 1.02. The van der Waals surface area contributed by atoms with Crippen molar-refractivity contribution in [1.29, 1.82) is 0 Å². The monoisotopic (exact) mass is 371 g/mol. The average molecular weight is 371 g/mol. The number of aromatic hydroxyl groups is 1. The Bertz CT molecular complexity index is 830. The van der Waals surface area contributed by atoms with E-state index in [1.54, 1.807) is 6.92 Å². The van der Waals surface area contributed by atoms with Gasteiger partial charge in [-0.05, 0) is 63.3 Å². The number of nitrogens with two attached hydrogens (primary N) is 1. The van der Waals surface area contributed by atoms with Gasteiger partial charge in [0.05, 0.1) is 0 Å². The van der Waals surface area contributed by atoms with Crippen LogP contribution >= 0.6 is 0 Å². The number of ether oxygens (including phenoxy) is 1. The molecule has 3 rings (SSSR count). The van der Waals surface area contributed by atoms with Crippen molar-refractivity contribution in [2.24, 2.45) is 5.73 Å². The SMILES string of the molecule is C[C@H](N)c1ccccc1.Cc1c(C)c2c(c(C)c1O)CC[C@@](C)(C(=O)O)O2. The molecule has 2 aromatic rings. The topological polar surface area (TPSA) is 92.8 Å². The molecule has 1 aliphatic heterocycles. The Morgan fingerprint density at radius 2 is 1.74 bits per heavy atom. The Morgan fingerprint density at radius 1 is 1.15 bits per heavy atom. The van der Waals surface area contributed by atoms with Crippen molar-refractivity contribution in [3.05, 3.63) is 58.1 Å². The summed E-state index contributed by atoms with van der Waals surface area (Å²) in [7, 11) is 0. The number of hydrogen-bond donors (Lipinski definition) is 3. The molecule has 0 unspecified atom stereocenters. The second-order valence-corrected chi connectivity index (χ2v) is 7.37. The molecule has 0 saturated heterocycles. The van der Waals surface area contributed by atoms with Crippen molar-refractivity contribution in [2.75, 3.05) is 0 Å². The summed E-state index contributed by atoms with van der Waals surface area (Å²) in [5.41, 5.74) is 8.92. The number of hydrogen-bond acceptors (Lipinski definition) is 4. The molecule has 0 aliphatic carbocycles. The number of aliphatic carboxylic acids is 1. The molecule has 0 amide bonds. The van der Waals surface area contributed by atoms with Crippen LogP contribution in [0.25, 0.3) is 0 Å². The molecule has 0 aromatic heterocycles. The molecule has 5 heteroatoms. The second kappa shape index (κ2) is 8.01. The van der Waals surface area contributed by atoms with Gasteiger partial charge in [0.15, 0.2) is 0 Å². The highest BCUT2D eigenvalue weighted by Crippen LogP contribution is 2.43. The summed E-state index contributed by atoms with van der Waals surface area (Å²) in [6, 6.07) is 10.2. The van der Waals surface area contributed by atoms with E-state index < -0.39 is 11.6 Å². The van der Waals surface area contributed by atoms with Crippen molar-refractivity contribution >= 4 is 5.97 Å². The first-order valence-electron chi connectivity index (χ1n) is 9.13. The van der Waals surface area contributed by atoms with Gasteiger partial charge in [0, 0.05) is 18.0 Å². The normalized spacial score (nSPS) is 19.2. The number of phenols is 1. The van der Waals surface area contributed by atoms with Crippen molar-refractivity contribution in [1.82, 2.24) is 0 Å². The first kappa shape index (κ1) is 20.8.